The second-order valence-corrected chi connectivity index (χ2v) is 6.76. The van der Waals surface area contributed by atoms with Crippen LogP contribution in [0.25, 0.3) is 0 Å². The predicted octanol–water partition coefficient (Wildman–Crippen LogP) is 2.05. The van der Waals surface area contributed by atoms with Gasteiger partial charge in [-0.3, -0.25) is 14.8 Å². The van der Waals surface area contributed by atoms with E-state index in [1.807, 2.05) is 18.5 Å². The number of hydrogen-bond acceptors (Lipinski definition) is 6. The van der Waals surface area contributed by atoms with E-state index in [0.717, 1.165) is 38.0 Å². The Morgan fingerprint density at radius 1 is 1.30 bits per heavy atom. The summed E-state index contributed by atoms with van der Waals surface area (Å²) in [5, 5.41) is 8.36. The Morgan fingerprint density at radius 2 is 2.22 bits per heavy atom. The third-order valence-electron chi connectivity index (χ3n) is 4.79. The first-order valence-electron chi connectivity index (χ1n) is 8.41. The van der Waals surface area contributed by atoms with Gasteiger partial charge in [0.1, 0.15) is 0 Å². The third kappa shape index (κ3) is 3.59. The molecule has 0 aromatic carbocycles. The number of likely N-dealkylation sites (N-methyl/N-ethyl adjacent to an activating group) is 1. The molecule has 1 atom stereocenters. The summed E-state index contributed by atoms with van der Waals surface area (Å²) in [6.07, 6.45) is 7.35. The molecule has 2 aromatic rings. The van der Waals surface area contributed by atoms with Gasteiger partial charge in [0.2, 0.25) is 11.8 Å². The van der Waals surface area contributed by atoms with Crippen LogP contribution >= 0.6 is 0 Å². The van der Waals surface area contributed by atoms with Gasteiger partial charge in [-0.1, -0.05) is 6.07 Å². The molecule has 0 bridgehead atoms. The van der Waals surface area contributed by atoms with E-state index >= 15 is 0 Å². The van der Waals surface area contributed by atoms with E-state index in [9.17, 15) is 0 Å². The standard InChI is InChI=1S/C17H23N5O/c1-21(12-16-19-20-17(23-16)14-4-5-14)15-6-8-22(11-15)10-13-3-2-7-18-9-13/h2-3,7,9,14-15H,4-6,8,10-12H2,1H3/t15-/m1/s1. The van der Waals surface area contributed by atoms with E-state index in [2.05, 4.69) is 38.1 Å². The van der Waals surface area contributed by atoms with E-state index in [1.54, 1.807) is 0 Å². The van der Waals surface area contributed by atoms with E-state index < -0.39 is 0 Å². The number of nitrogens with zero attached hydrogens (tertiary/aromatic N) is 5. The van der Waals surface area contributed by atoms with Crippen LogP contribution in [0.15, 0.2) is 28.9 Å². The van der Waals surface area contributed by atoms with Gasteiger partial charge < -0.3 is 4.42 Å². The van der Waals surface area contributed by atoms with Crippen LogP contribution in [0.3, 0.4) is 0 Å². The molecule has 0 unspecified atom stereocenters. The van der Waals surface area contributed by atoms with Crippen LogP contribution in [-0.2, 0) is 13.1 Å². The highest BCUT2D eigenvalue weighted by atomic mass is 16.4. The lowest BCUT2D eigenvalue weighted by Crippen LogP contribution is -2.34. The number of hydrogen-bond donors (Lipinski definition) is 0. The Labute approximate surface area is 136 Å². The van der Waals surface area contributed by atoms with Crippen LogP contribution in [0.1, 0.15) is 42.5 Å². The molecule has 2 aromatic heterocycles. The highest BCUT2D eigenvalue weighted by Crippen LogP contribution is 2.39. The lowest BCUT2D eigenvalue weighted by Gasteiger charge is -2.23. The summed E-state index contributed by atoms with van der Waals surface area (Å²) in [4.78, 5) is 9.02. The zero-order valence-electron chi connectivity index (χ0n) is 13.6. The fourth-order valence-electron chi connectivity index (χ4n) is 3.23. The Bertz CT molecular complexity index is 639. The number of aromatic nitrogens is 3. The summed E-state index contributed by atoms with van der Waals surface area (Å²) in [6.45, 7) is 3.92. The lowest BCUT2D eigenvalue weighted by molar-refractivity contribution is 0.204. The molecule has 6 heteroatoms. The van der Waals surface area contributed by atoms with Crippen molar-refractivity contribution in [2.75, 3.05) is 20.1 Å². The minimum absolute atomic E-state index is 0.531. The molecule has 0 spiro atoms. The molecule has 1 saturated heterocycles. The van der Waals surface area contributed by atoms with Gasteiger partial charge in [0.15, 0.2) is 0 Å². The van der Waals surface area contributed by atoms with Crippen LogP contribution in [0.5, 0.6) is 0 Å². The topological polar surface area (TPSA) is 58.3 Å². The quantitative estimate of drug-likeness (QED) is 0.813. The molecule has 0 amide bonds. The molecule has 1 aliphatic heterocycles. The normalized spacial score (nSPS) is 22.1. The van der Waals surface area contributed by atoms with Crippen LogP contribution in [0.2, 0.25) is 0 Å². The Kier molecular flexibility index (Phi) is 4.10. The second kappa shape index (κ2) is 6.37. The highest BCUT2D eigenvalue weighted by Gasteiger charge is 2.30. The maximum Gasteiger partial charge on any atom is 0.230 e. The number of rotatable bonds is 6. The van der Waals surface area contributed by atoms with Crippen molar-refractivity contribution in [1.29, 1.82) is 0 Å². The first-order chi connectivity index (χ1) is 11.3. The smallest absolute Gasteiger partial charge is 0.230 e. The Balaban J connectivity index is 1.29. The molecule has 3 heterocycles. The monoisotopic (exact) mass is 313 g/mol. The van der Waals surface area contributed by atoms with Gasteiger partial charge in [0.05, 0.1) is 6.54 Å². The first kappa shape index (κ1) is 14.8. The Hall–Kier alpha value is -1.79. The van der Waals surface area contributed by atoms with Crippen molar-refractivity contribution in [3.63, 3.8) is 0 Å². The van der Waals surface area contributed by atoms with Crippen molar-refractivity contribution in [1.82, 2.24) is 25.0 Å². The van der Waals surface area contributed by atoms with Gasteiger partial charge in [-0.25, -0.2) is 0 Å². The minimum Gasteiger partial charge on any atom is -0.424 e. The molecule has 2 aliphatic rings. The molecule has 0 radical (unpaired) electrons. The minimum atomic E-state index is 0.531. The zero-order valence-corrected chi connectivity index (χ0v) is 13.6. The zero-order chi connectivity index (χ0) is 15.6. The molecule has 122 valence electrons. The van der Waals surface area contributed by atoms with Gasteiger partial charge in [-0.2, -0.15) is 0 Å². The van der Waals surface area contributed by atoms with Gasteiger partial charge in [-0.05, 0) is 37.9 Å². The summed E-state index contributed by atoms with van der Waals surface area (Å²) >= 11 is 0. The molecular formula is C17H23N5O. The van der Waals surface area contributed by atoms with Crippen molar-refractivity contribution in [3.8, 4) is 0 Å². The summed E-state index contributed by atoms with van der Waals surface area (Å²) in [5.41, 5.74) is 1.28. The van der Waals surface area contributed by atoms with Crippen molar-refractivity contribution >= 4 is 0 Å². The van der Waals surface area contributed by atoms with Crippen LogP contribution in [0, 0.1) is 0 Å². The highest BCUT2D eigenvalue weighted by molar-refractivity contribution is 5.08. The Morgan fingerprint density at radius 3 is 3.00 bits per heavy atom. The molecule has 1 saturated carbocycles. The largest absolute Gasteiger partial charge is 0.424 e. The molecule has 0 N–H and O–H groups in total. The second-order valence-electron chi connectivity index (χ2n) is 6.76. The molecule has 6 nitrogen and oxygen atoms in total. The summed E-state index contributed by atoms with van der Waals surface area (Å²) in [5.74, 6) is 2.11. The van der Waals surface area contributed by atoms with E-state index in [0.29, 0.717) is 12.0 Å². The lowest BCUT2D eigenvalue weighted by atomic mass is 10.2. The summed E-state index contributed by atoms with van der Waals surface area (Å²) in [6, 6.07) is 4.69. The predicted molar refractivity (Wildman–Crippen MR) is 85.7 cm³/mol. The summed E-state index contributed by atoms with van der Waals surface area (Å²) < 4.78 is 5.77. The van der Waals surface area contributed by atoms with E-state index in [4.69, 9.17) is 4.42 Å². The van der Waals surface area contributed by atoms with Gasteiger partial charge in [0, 0.05) is 44.0 Å². The van der Waals surface area contributed by atoms with Gasteiger partial charge in [0.25, 0.3) is 0 Å². The molecule has 1 aliphatic carbocycles. The van der Waals surface area contributed by atoms with Crippen LogP contribution in [0.4, 0.5) is 0 Å². The third-order valence-corrected chi connectivity index (χ3v) is 4.79. The first-order valence-corrected chi connectivity index (χ1v) is 8.41. The van der Waals surface area contributed by atoms with Gasteiger partial charge >= 0.3 is 0 Å². The van der Waals surface area contributed by atoms with Crippen molar-refractivity contribution in [2.24, 2.45) is 0 Å². The number of pyridine rings is 1. The maximum absolute atomic E-state index is 5.77. The maximum atomic E-state index is 5.77. The van der Waals surface area contributed by atoms with E-state index in [-0.39, 0.29) is 0 Å². The van der Waals surface area contributed by atoms with Crippen LogP contribution in [-0.4, -0.2) is 51.2 Å². The van der Waals surface area contributed by atoms with E-state index in [1.165, 1.54) is 24.8 Å². The average molecular weight is 313 g/mol. The molecule has 2 fully saturated rings. The van der Waals surface area contributed by atoms with Crippen LogP contribution < -0.4 is 0 Å². The fraction of sp³-hybridized carbons (Fsp3) is 0.588. The van der Waals surface area contributed by atoms with Crippen molar-refractivity contribution in [2.45, 2.75) is 44.3 Å². The molecule has 4 rings (SSSR count). The SMILES string of the molecule is CN(Cc1nnc(C2CC2)o1)[C@@H]1CCN(Cc2cccnc2)C1. The molecular weight excluding hydrogens is 290 g/mol. The average Bonchev–Trinajstić information content (AvgIpc) is 3.13. The van der Waals surface area contributed by atoms with Crippen molar-refractivity contribution < 1.29 is 4.42 Å². The fourth-order valence-corrected chi connectivity index (χ4v) is 3.23. The number of likely N-dealkylation sites (tertiary alicyclic amines) is 1. The van der Waals surface area contributed by atoms with Gasteiger partial charge in [-0.15, -0.1) is 10.2 Å². The van der Waals surface area contributed by atoms with Crippen molar-refractivity contribution in [3.05, 3.63) is 41.9 Å². The summed E-state index contributed by atoms with van der Waals surface area (Å²) in [7, 11) is 2.15. The molecule has 23 heavy (non-hydrogen) atoms.